The lowest BCUT2D eigenvalue weighted by atomic mass is 10.1. The first kappa shape index (κ1) is 16.6. The van der Waals surface area contributed by atoms with Crippen molar-refractivity contribution in [3.63, 3.8) is 0 Å². The molecule has 4 rings (SSSR count). The number of aromatic nitrogens is 2. The Balaban J connectivity index is 2.15. The second-order valence-electron chi connectivity index (χ2n) is 6.31. The Kier molecular flexibility index (Phi) is 3.72. The van der Waals surface area contributed by atoms with E-state index >= 15 is 0 Å². The molecule has 1 aromatic carbocycles. The zero-order valence-corrected chi connectivity index (χ0v) is 15.6. The molecule has 2 aromatic rings. The SMILES string of the molecule is Cc1c(F)c2c3c(nc(=O)n(I)c3c1F)N1CCN(C)CC1C(=O)N2. The molecule has 25 heavy (non-hydrogen) atoms. The number of likely N-dealkylation sites (N-methyl/N-ethyl adjacent to an activating group) is 1. The Labute approximate surface area is 155 Å². The first-order valence-electron chi connectivity index (χ1n) is 7.67. The molecule has 1 fully saturated rings. The van der Waals surface area contributed by atoms with Crippen molar-refractivity contribution in [2.45, 2.75) is 13.0 Å². The van der Waals surface area contributed by atoms with E-state index in [2.05, 4.69) is 10.3 Å². The minimum absolute atomic E-state index is 0.0654. The number of hydrogen-bond donors (Lipinski definition) is 1. The van der Waals surface area contributed by atoms with E-state index in [1.807, 2.05) is 11.9 Å². The summed E-state index contributed by atoms with van der Waals surface area (Å²) in [5.41, 5.74) is -1.10. The van der Waals surface area contributed by atoms with Crippen molar-refractivity contribution in [2.75, 3.05) is 36.9 Å². The van der Waals surface area contributed by atoms with E-state index in [0.717, 1.165) is 2.78 Å². The van der Waals surface area contributed by atoms with Gasteiger partial charge in [-0.2, -0.15) is 4.98 Å². The average Bonchev–Trinajstić information content (AvgIpc) is 2.69. The van der Waals surface area contributed by atoms with Gasteiger partial charge < -0.3 is 15.1 Å². The van der Waals surface area contributed by atoms with Crippen molar-refractivity contribution in [1.29, 1.82) is 0 Å². The smallest absolute Gasteiger partial charge is 0.341 e. The van der Waals surface area contributed by atoms with Gasteiger partial charge in [-0.3, -0.25) is 4.79 Å². The molecule has 2 aliphatic heterocycles. The first-order chi connectivity index (χ1) is 11.8. The van der Waals surface area contributed by atoms with Gasteiger partial charge in [-0.15, -0.1) is 0 Å². The molecule has 1 unspecified atom stereocenters. The quantitative estimate of drug-likeness (QED) is 0.599. The summed E-state index contributed by atoms with van der Waals surface area (Å²) in [4.78, 5) is 32.6. The Bertz CT molecular complexity index is 993. The number of piperazine rings is 1. The Morgan fingerprint density at radius 3 is 2.68 bits per heavy atom. The van der Waals surface area contributed by atoms with Crippen LogP contribution in [0.15, 0.2) is 4.79 Å². The number of nitrogens with one attached hydrogen (secondary N) is 1. The minimum Gasteiger partial charge on any atom is -0.341 e. The van der Waals surface area contributed by atoms with E-state index in [0.29, 0.717) is 19.6 Å². The van der Waals surface area contributed by atoms with Crippen LogP contribution in [-0.4, -0.2) is 51.3 Å². The maximum absolute atomic E-state index is 14.8. The predicted octanol–water partition coefficient (Wildman–Crippen LogP) is 1.25. The molecule has 1 amide bonds. The molecule has 1 saturated heterocycles. The van der Waals surface area contributed by atoms with Crippen LogP contribution in [0, 0.1) is 18.6 Å². The zero-order chi connectivity index (χ0) is 18.0. The largest absolute Gasteiger partial charge is 0.359 e. The minimum atomic E-state index is -0.843. The fourth-order valence-electron chi connectivity index (χ4n) is 3.42. The van der Waals surface area contributed by atoms with Gasteiger partial charge in [-0.25, -0.2) is 16.4 Å². The van der Waals surface area contributed by atoms with Gasteiger partial charge in [0.15, 0.2) is 11.6 Å². The van der Waals surface area contributed by atoms with Crippen LogP contribution < -0.4 is 15.9 Å². The fourth-order valence-corrected chi connectivity index (χ4v) is 3.98. The van der Waals surface area contributed by atoms with Crippen molar-refractivity contribution in [3.8, 4) is 0 Å². The maximum atomic E-state index is 14.8. The summed E-state index contributed by atoms with van der Waals surface area (Å²) in [6.07, 6.45) is 0. The lowest BCUT2D eigenvalue weighted by molar-refractivity contribution is -0.118. The Morgan fingerprint density at radius 1 is 1.24 bits per heavy atom. The lowest BCUT2D eigenvalue weighted by Gasteiger charge is -2.38. The number of nitrogens with zero attached hydrogens (tertiary/aromatic N) is 4. The number of amides is 1. The number of carbonyl (C=O) groups excluding carboxylic acids is 1. The van der Waals surface area contributed by atoms with Crippen LogP contribution in [0.5, 0.6) is 0 Å². The molecule has 0 aliphatic carbocycles. The molecule has 0 saturated carbocycles. The van der Waals surface area contributed by atoms with E-state index < -0.39 is 29.3 Å². The third-order valence-corrected chi connectivity index (χ3v) is 5.66. The Morgan fingerprint density at radius 2 is 1.96 bits per heavy atom. The molecule has 132 valence electrons. The number of rotatable bonds is 0. The van der Waals surface area contributed by atoms with Crippen molar-refractivity contribution < 1.29 is 13.6 Å². The van der Waals surface area contributed by atoms with Crippen LogP contribution >= 0.6 is 22.9 Å². The van der Waals surface area contributed by atoms with Crippen molar-refractivity contribution in [3.05, 3.63) is 27.7 Å². The molecule has 7 nitrogen and oxygen atoms in total. The van der Waals surface area contributed by atoms with Crippen LogP contribution in [0.3, 0.4) is 0 Å². The Hall–Kier alpha value is -1.82. The fraction of sp³-hybridized carbons (Fsp3) is 0.400. The zero-order valence-electron chi connectivity index (χ0n) is 13.4. The summed E-state index contributed by atoms with van der Waals surface area (Å²) in [6, 6.07) is -0.630. The van der Waals surface area contributed by atoms with Crippen LogP contribution in [-0.2, 0) is 4.79 Å². The highest BCUT2D eigenvalue weighted by Crippen LogP contribution is 2.40. The molecule has 3 heterocycles. The molecular weight excluding hydrogens is 447 g/mol. The van der Waals surface area contributed by atoms with Crippen molar-refractivity contribution >= 4 is 51.2 Å². The second kappa shape index (κ2) is 5.59. The van der Waals surface area contributed by atoms with E-state index in [1.165, 1.54) is 6.92 Å². The van der Waals surface area contributed by atoms with Gasteiger partial charge in [0, 0.05) is 25.2 Å². The van der Waals surface area contributed by atoms with Crippen LogP contribution in [0.25, 0.3) is 10.9 Å². The molecule has 1 atom stereocenters. The highest BCUT2D eigenvalue weighted by molar-refractivity contribution is 14.1. The van der Waals surface area contributed by atoms with E-state index in [1.54, 1.807) is 27.8 Å². The highest BCUT2D eigenvalue weighted by atomic mass is 127. The summed E-state index contributed by atoms with van der Waals surface area (Å²) in [6.45, 7) is 2.75. The van der Waals surface area contributed by atoms with Crippen molar-refractivity contribution in [1.82, 2.24) is 12.7 Å². The molecule has 1 aromatic heterocycles. The van der Waals surface area contributed by atoms with E-state index in [4.69, 9.17) is 0 Å². The highest BCUT2D eigenvalue weighted by Gasteiger charge is 2.38. The number of carbonyl (C=O) groups is 1. The van der Waals surface area contributed by atoms with E-state index in [9.17, 15) is 18.4 Å². The van der Waals surface area contributed by atoms with Gasteiger partial charge in [0.05, 0.1) is 33.9 Å². The van der Waals surface area contributed by atoms with Crippen LogP contribution in [0.4, 0.5) is 20.3 Å². The topological polar surface area (TPSA) is 70.5 Å². The van der Waals surface area contributed by atoms with Gasteiger partial charge in [0.2, 0.25) is 5.91 Å². The van der Waals surface area contributed by atoms with Gasteiger partial charge in [-0.1, -0.05) is 0 Å². The molecule has 0 bridgehead atoms. The van der Waals surface area contributed by atoms with Gasteiger partial charge in [0.1, 0.15) is 17.4 Å². The van der Waals surface area contributed by atoms with Crippen molar-refractivity contribution in [2.24, 2.45) is 0 Å². The second-order valence-corrected chi connectivity index (χ2v) is 7.28. The predicted molar refractivity (Wildman–Crippen MR) is 97.3 cm³/mol. The molecule has 2 aliphatic rings. The lowest BCUT2D eigenvalue weighted by Crippen LogP contribution is -2.56. The van der Waals surface area contributed by atoms with E-state index in [-0.39, 0.29) is 28.0 Å². The van der Waals surface area contributed by atoms with Gasteiger partial charge in [0.25, 0.3) is 0 Å². The molecule has 0 radical (unpaired) electrons. The molecule has 10 heteroatoms. The number of fused-ring (bicyclic) bond motifs is 2. The number of benzene rings is 1. The maximum Gasteiger partial charge on any atom is 0.359 e. The van der Waals surface area contributed by atoms with Gasteiger partial charge in [-0.05, 0) is 14.0 Å². The number of hydrogen-bond acceptors (Lipinski definition) is 5. The first-order valence-corrected chi connectivity index (χ1v) is 8.64. The summed E-state index contributed by atoms with van der Waals surface area (Å²) in [5.74, 6) is -1.92. The number of anilines is 2. The summed E-state index contributed by atoms with van der Waals surface area (Å²) in [7, 11) is 1.87. The normalized spacial score (nSPS) is 20.4. The molecular formula is C15H14F2IN5O2. The summed E-state index contributed by atoms with van der Waals surface area (Å²) >= 11 is 1.64. The molecule has 1 N–H and O–H groups in total. The van der Waals surface area contributed by atoms with Gasteiger partial charge >= 0.3 is 5.69 Å². The molecule has 0 spiro atoms. The summed E-state index contributed by atoms with van der Waals surface area (Å²) in [5, 5.41) is 2.70. The third kappa shape index (κ3) is 2.26. The van der Waals surface area contributed by atoms with Crippen LogP contribution in [0.1, 0.15) is 5.56 Å². The standard InChI is InChI=1S/C15H14F2IN5O2/c1-6-9(16)11-8-12(10(6)17)23(18)15(25)20-13(8)22-4-3-21(2)5-7(22)14(24)19-11/h7H,3-5H2,1-2H3,(H,19,24). The monoisotopic (exact) mass is 461 g/mol. The number of halogens is 3. The third-order valence-electron chi connectivity index (χ3n) is 4.77. The van der Waals surface area contributed by atoms with Crippen LogP contribution in [0.2, 0.25) is 0 Å². The average molecular weight is 461 g/mol. The summed E-state index contributed by atoms with van der Waals surface area (Å²) < 4.78 is 30.5.